The smallest absolute Gasteiger partial charge is 0.416 e. The van der Waals surface area contributed by atoms with Crippen LogP contribution in [0, 0.1) is 5.92 Å². The molecular formula is C17H17NO5. The van der Waals surface area contributed by atoms with E-state index in [1.54, 1.807) is 0 Å². The number of carbonyl (C=O) groups is 3. The first-order chi connectivity index (χ1) is 11.1. The lowest BCUT2D eigenvalue weighted by Crippen LogP contribution is -2.43. The lowest BCUT2D eigenvalue weighted by atomic mass is 9.90. The minimum Gasteiger partial charge on any atom is -0.447 e. The Balaban J connectivity index is 1.71. The van der Waals surface area contributed by atoms with Crippen LogP contribution in [-0.2, 0) is 25.7 Å². The Kier molecular flexibility index (Phi) is 4.52. The van der Waals surface area contributed by atoms with Gasteiger partial charge in [0.25, 0.3) is 0 Å². The van der Waals surface area contributed by atoms with Crippen molar-refractivity contribution in [2.45, 2.75) is 19.1 Å². The molecule has 2 amide bonds. The van der Waals surface area contributed by atoms with Crippen LogP contribution in [0.3, 0.4) is 0 Å². The normalized spacial score (nSPS) is 23.9. The molecule has 120 valence electrons. The van der Waals surface area contributed by atoms with E-state index in [9.17, 15) is 14.4 Å². The molecule has 0 saturated carbocycles. The SMILES string of the molecule is O=C1C=C[C@@H](C(=O)N2CCOC2=O)[C@H](OCc2ccccc2)C1. The van der Waals surface area contributed by atoms with Gasteiger partial charge < -0.3 is 9.47 Å². The largest absolute Gasteiger partial charge is 0.447 e. The number of nitrogens with zero attached hydrogens (tertiary/aromatic N) is 1. The monoisotopic (exact) mass is 315 g/mol. The van der Waals surface area contributed by atoms with Gasteiger partial charge in [0.15, 0.2) is 5.78 Å². The predicted molar refractivity (Wildman–Crippen MR) is 80.3 cm³/mol. The highest BCUT2D eigenvalue weighted by atomic mass is 16.6. The number of ether oxygens (including phenoxy) is 2. The van der Waals surface area contributed by atoms with Crippen molar-refractivity contribution in [2.75, 3.05) is 13.2 Å². The molecule has 2 aliphatic rings. The molecule has 1 aliphatic carbocycles. The van der Waals surface area contributed by atoms with E-state index in [-0.39, 0.29) is 31.3 Å². The van der Waals surface area contributed by atoms with Crippen LogP contribution in [-0.4, -0.2) is 41.9 Å². The van der Waals surface area contributed by atoms with Gasteiger partial charge in [-0.25, -0.2) is 9.69 Å². The van der Waals surface area contributed by atoms with Crippen LogP contribution in [0.4, 0.5) is 4.79 Å². The average Bonchev–Trinajstić information content (AvgIpc) is 2.99. The first kappa shape index (κ1) is 15.4. The Bertz CT molecular complexity index is 640. The van der Waals surface area contributed by atoms with Crippen molar-refractivity contribution in [3.05, 3.63) is 48.0 Å². The summed E-state index contributed by atoms with van der Waals surface area (Å²) in [5, 5.41) is 0. The molecule has 0 unspecified atom stereocenters. The van der Waals surface area contributed by atoms with Gasteiger partial charge in [0, 0.05) is 6.42 Å². The molecule has 0 radical (unpaired) electrons. The maximum Gasteiger partial charge on any atom is 0.416 e. The van der Waals surface area contributed by atoms with Crippen molar-refractivity contribution in [1.82, 2.24) is 4.90 Å². The Morgan fingerprint density at radius 1 is 1.26 bits per heavy atom. The number of rotatable bonds is 4. The molecule has 3 rings (SSSR count). The highest BCUT2D eigenvalue weighted by Crippen LogP contribution is 2.24. The molecule has 1 heterocycles. The highest BCUT2D eigenvalue weighted by Gasteiger charge is 2.38. The van der Waals surface area contributed by atoms with Crippen molar-refractivity contribution < 1.29 is 23.9 Å². The summed E-state index contributed by atoms with van der Waals surface area (Å²) in [5.74, 6) is -1.12. The van der Waals surface area contributed by atoms with Gasteiger partial charge in [0.05, 0.1) is 25.2 Å². The minimum absolute atomic E-state index is 0.0869. The number of benzene rings is 1. The number of hydrogen-bond acceptors (Lipinski definition) is 5. The highest BCUT2D eigenvalue weighted by molar-refractivity contribution is 5.98. The van der Waals surface area contributed by atoms with Crippen molar-refractivity contribution >= 4 is 17.8 Å². The molecular weight excluding hydrogens is 298 g/mol. The Hall–Kier alpha value is -2.47. The molecule has 0 spiro atoms. The van der Waals surface area contributed by atoms with Gasteiger partial charge in [-0.05, 0) is 11.6 Å². The van der Waals surface area contributed by atoms with Crippen molar-refractivity contribution in [1.29, 1.82) is 0 Å². The van der Waals surface area contributed by atoms with E-state index in [0.29, 0.717) is 6.61 Å². The number of imide groups is 1. The van der Waals surface area contributed by atoms with Crippen LogP contribution in [0.15, 0.2) is 42.5 Å². The van der Waals surface area contributed by atoms with Crippen LogP contribution in [0.5, 0.6) is 0 Å². The summed E-state index contributed by atoms with van der Waals surface area (Å²) in [5.41, 5.74) is 0.960. The molecule has 0 bridgehead atoms. The van der Waals surface area contributed by atoms with Gasteiger partial charge in [0.2, 0.25) is 5.91 Å². The molecule has 6 nitrogen and oxygen atoms in total. The third-order valence-electron chi connectivity index (χ3n) is 3.91. The number of carbonyl (C=O) groups excluding carboxylic acids is 3. The number of allylic oxidation sites excluding steroid dienone is 1. The Labute approximate surface area is 133 Å². The molecule has 1 aromatic carbocycles. The van der Waals surface area contributed by atoms with Crippen molar-refractivity contribution in [3.63, 3.8) is 0 Å². The van der Waals surface area contributed by atoms with E-state index >= 15 is 0 Å². The molecule has 1 saturated heterocycles. The second kappa shape index (κ2) is 6.75. The number of hydrogen-bond donors (Lipinski definition) is 0. The maximum absolute atomic E-state index is 12.5. The summed E-state index contributed by atoms with van der Waals surface area (Å²) in [6.45, 7) is 0.748. The maximum atomic E-state index is 12.5. The molecule has 0 aromatic heterocycles. The van der Waals surface area contributed by atoms with Crippen molar-refractivity contribution in [3.8, 4) is 0 Å². The van der Waals surface area contributed by atoms with E-state index in [1.165, 1.54) is 12.2 Å². The first-order valence-corrected chi connectivity index (χ1v) is 7.50. The fourth-order valence-electron chi connectivity index (χ4n) is 2.68. The third-order valence-corrected chi connectivity index (χ3v) is 3.91. The molecule has 1 aliphatic heterocycles. The topological polar surface area (TPSA) is 72.9 Å². The number of ketones is 1. The van der Waals surface area contributed by atoms with Crippen LogP contribution in [0.1, 0.15) is 12.0 Å². The van der Waals surface area contributed by atoms with Crippen molar-refractivity contribution in [2.24, 2.45) is 5.92 Å². The zero-order valence-electron chi connectivity index (χ0n) is 12.5. The van der Waals surface area contributed by atoms with Gasteiger partial charge in [-0.3, -0.25) is 9.59 Å². The second-order valence-electron chi connectivity index (χ2n) is 5.49. The van der Waals surface area contributed by atoms with Gasteiger partial charge in [-0.2, -0.15) is 0 Å². The van der Waals surface area contributed by atoms with Crippen LogP contribution in [0.25, 0.3) is 0 Å². The molecule has 23 heavy (non-hydrogen) atoms. The predicted octanol–water partition coefficient (Wildman–Crippen LogP) is 1.70. The van der Waals surface area contributed by atoms with Gasteiger partial charge in [-0.15, -0.1) is 0 Å². The second-order valence-corrected chi connectivity index (χ2v) is 5.49. The van der Waals surface area contributed by atoms with Crippen LogP contribution < -0.4 is 0 Å². The van der Waals surface area contributed by atoms with Gasteiger partial charge in [0.1, 0.15) is 6.61 Å². The van der Waals surface area contributed by atoms with E-state index in [0.717, 1.165) is 10.5 Å². The minimum atomic E-state index is -0.651. The molecule has 2 atom stereocenters. The number of cyclic esters (lactones) is 1. The van der Waals surface area contributed by atoms with Gasteiger partial charge in [-0.1, -0.05) is 36.4 Å². The number of amides is 2. The van der Waals surface area contributed by atoms with E-state index in [1.807, 2.05) is 30.3 Å². The summed E-state index contributed by atoms with van der Waals surface area (Å²) in [6, 6.07) is 9.52. The van der Waals surface area contributed by atoms with Gasteiger partial charge >= 0.3 is 6.09 Å². The summed E-state index contributed by atoms with van der Waals surface area (Å²) in [4.78, 5) is 36.8. The molecule has 1 fully saturated rings. The zero-order valence-corrected chi connectivity index (χ0v) is 12.5. The van der Waals surface area contributed by atoms with E-state index in [2.05, 4.69) is 0 Å². The zero-order chi connectivity index (χ0) is 16.2. The molecule has 1 aromatic rings. The van der Waals surface area contributed by atoms with Crippen LogP contribution in [0.2, 0.25) is 0 Å². The summed E-state index contributed by atoms with van der Waals surface area (Å²) in [6.07, 6.45) is 1.82. The quantitative estimate of drug-likeness (QED) is 0.845. The van der Waals surface area contributed by atoms with E-state index < -0.39 is 18.1 Å². The lowest BCUT2D eigenvalue weighted by molar-refractivity contribution is -0.137. The molecule has 0 N–H and O–H groups in total. The standard InChI is InChI=1S/C17H17NO5/c19-13-6-7-14(16(20)18-8-9-22-17(18)21)15(10-13)23-11-12-4-2-1-3-5-12/h1-7,14-15H,8-11H2/t14-,15-/m1/s1. The fraction of sp³-hybridized carbons (Fsp3) is 0.353. The summed E-state index contributed by atoms with van der Waals surface area (Å²) < 4.78 is 10.6. The summed E-state index contributed by atoms with van der Waals surface area (Å²) >= 11 is 0. The fourth-order valence-corrected chi connectivity index (χ4v) is 2.68. The van der Waals surface area contributed by atoms with E-state index in [4.69, 9.17) is 9.47 Å². The lowest BCUT2D eigenvalue weighted by Gasteiger charge is -2.28. The Morgan fingerprint density at radius 3 is 2.74 bits per heavy atom. The summed E-state index contributed by atoms with van der Waals surface area (Å²) in [7, 11) is 0. The molecule has 6 heteroatoms. The first-order valence-electron chi connectivity index (χ1n) is 7.50. The third kappa shape index (κ3) is 3.48. The van der Waals surface area contributed by atoms with Crippen LogP contribution >= 0.6 is 0 Å². The average molecular weight is 315 g/mol. The Morgan fingerprint density at radius 2 is 2.04 bits per heavy atom.